The van der Waals surface area contributed by atoms with Crippen molar-refractivity contribution in [1.82, 2.24) is 0 Å². The van der Waals surface area contributed by atoms with E-state index in [0.29, 0.717) is 11.1 Å². The molecule has 0 bridgehead atoms. The molecule has 0 saturated carbocycles. The summed E-state index contributed by atoms with van der Waals surface area (Å²) in [5.74, 6) is -4.41. The second-order valence-electron chi connectivity index (χ2n) is 4.46. The molecule has 0 aromatic carbocycles. The largest absolute Gasteiger partial charge is 0.504 e. The van der Waals surface area contributed by atoms with E-state index in [9.17, 15) is 19.5 Å². The Hall–Kier alpha value is -0.690. The molecule has 0 aromatic heterocycles. The van der Waals surface area contributed by atoms with E-state index in [1.807, 2.05) is 0 Å². The lowest BCUT2D eigenvalue weighted by molar-refractivity contribution is -0.175. The number of aliphatic hydroxyl groups is 2. The number of ketones is 1. The number of halogens is 2. The summed E-state index contributed by atoms with van der Waals surface area (Å²) in [7, 11) is 0. The topological polar surface area (TPSA) is 121 Å². The Labute approximate surface area is 151 Å². The number of carboxylic acid groups (broad SMARTS) is 1. The third-order valence-electron chi connectivity index (χ3n) is 2.87. The van der Waals surface area contributed by atoms with Crippen LogP contribution in [0.15, 0.2) is 22.5 Å². The Bertz CT molecular complexity index is 496. The lowest BCUT2D eigenvalue weighted by Gasteiger charge is -2.16. The number of Topliss-reactive ketones (excluding diaryl/α,β-unsaturated/α-hetero) is 1. The van der Waals surface area contributed by atoms with Crippen LogP contribution >= 0.6 is 37.2 Å². The number of aliphatic carboxylic acids is 1. The van der Waals surface area contributed by atoms with Crippen molar-refractivity contribution in [3.63, 3.8) is 0 Å². The average molecular weight is 540 g/mol. The van der Waals surface area contributed by atoms with Gasteiger partial charge in [-0.25, -0.2) is 9.59 Å². The molecule has 0 spiro atoms. The van der Waals surface area contributed by atoms with Crippen molar-refractivity contribution >= 4 is 55.0 Å². The van der Waals surface area contributed by atoms with E-state index in [1.165, 1.54) is 13.8 Å². The Kier molecular flexibility index (Phi) is 10.9. The predicted molar refractivity (Wildman–Crippen MR) is 96.8 cm³/mol. The molecule has 1 heterocycles. The molecule has 7 nitrogen and oxygen atoms in total. The predicted octanol–water partition coefficient (Wildman–Crippen LogP) is 2.85. The Balaban J connectivity index is 0. The van der Waals surface area contributed by atoms with Crippen LogP contribution in [0.3, 0.4) is 0 Å². The van der Waals surface area contributed by atoms with E-state index >= 15 is 0 Å². The fourth-order valence-electron chi connectivity index (χ4n) is 1.20. The third-order valence-corrected chi connectivity index (χ3v) is 2.87. The summed E-state index contributed by atoms with van der Waals surface area (Å²) in [5, 5.41) is 26.2. The molecule has 0 amide bonds. The molecule has 0 radical (unpaired) electrons. The van der Waals surface area contributed by atoms with Crippen LogP contribution in [0.5, 0.6) is 0 Å². The first-order chi connectivity index (χ1) is 9.91. The number of cyclic esters (lactones) is 1. The van der Waals surface area contributed by atoms with Crippen molar-refractivity contribution in [3.8, 4) is 0 Å². The summed E-state index contributed by atoms with van der Waals surface area (Å²) in [6.45, 7) is 7.04. The minimum atomic E-state index is -1.37. The van der Waals surface area contributed by atoms with Gasteiger partial charge < -0.3 is 20.1 Å². The number of carbonyl (C=O) groups excluding carboxylic acids is 2. The fraction of sp³-hybridized carbons (Fsp3) is 0.462. The van der Waals surface area contributed by atoms with Gasteiger partial charge in [0.2, 0.25) is 5.79 Å². The standard InChI is InChI=1S/C7H10O3.C6H8O4.I2/c1-4-5(2)7(3,9)10-6(4)8;1-3(6(9)10)5(8)4(2)7;1-2/h9H,1-3H3;8H,1-2H3,(H,9,10);/b;5-3+;. The summed E-state index contributed by atoms with van der Waals surface area (Å²) in [6.07, 6.45) is 0. The van der Waals surface area contributed by atoms with Crippen LogP contribution in [-0.4, -0.2) is 38.8 Å². The molecule has 0 saturated heterocycles. The number of carboxylic acids is 1. The zero-order valence-corrected chi connectivity index (χ0v) is 17.0. The van der Waals surface area contributed by atoms with Gasteiger partial charge in [0.25, 0.3) is 0 Å². The van der Waals surface area contributed by atoms with Gasteiger partial charge in [0.15, 0.2) is 11.5 Å². The molecule has 1 aliphatic rings. The van der Waals surface area contributed by atoms with Crippen LogP contribution < -0.4 is 0 Å². The van der Waals surface area contributed by atoms with Crippen LogP contribution in [0.2, 0.25) is 0 Å². The highest BCUT2D eigenvalue weighted by Gasteiger charge is 2.37. The van der Waals surface area contributed by atoms with Crippen molar-refractivity contribution < 1.29 is 34.4 Å². The number of hydrogen-bond acceptors (Lipinski definition) is 6. The smallest absolute Gasteiger partial charge is 0.336 e. The van der Waals surface area contributed by atoms with Gasteiger partial charge in [-0.15, -0.1) is 0 Å². The Morgan fingerprint density at radius 2 is 1.55 bits per heavy atom. The molecular formula is C13H18I2O7. The fourth-order valence-corrected chi connectivity index (χ4v) is 1.20. The lowest BCUT2D eigenvalue weighted by Crippen LogP contribution is -2.25. The third kappa shape index (κ3) is 7.05. The molecule has 1 rings (SSSR count). The maximum absolute atomic E-state index is 10.8. The highest BCUT2D eigenvalue weighted by molar-refractivity contribution is 15.0. The molecule has 3 N–H and O–H groups in total. The van der Waals surface area contributed by atoms with Crippen LogP contribution in [0.1, 0.15) is 34.6 Å². The van der Waals surface area contributed by atoms with Crippen molar-refractivity contribution in [3.05, 3.63) is 22.5 Å². The van der Waals surface area contributed by atoms with E-state index in [4.69, 9.17) is 10.2 Å². The van der Waals surface area contributed by atoms with Gasteiger partial charge in [0.1, 0.15) is 0 Å². The first-order valence-corrected chi connectivity index (χ1v) is 12.1. The maximum Gasteiger partial charge on any atom is 0.336 e. The number of aliphatic hydroxyl groups excluding tert-OH is 1. The zero-order valence-electron chi connectivity index (χ0n) is 12.7. The molecule has 0 aromatic rings. The molecule has 9 heteroatoms. The monoisotopic (exact) mass is 540 g/mol. The van der Waals surface area contributed by atoms with Crippen molar-refractivity contribution in [2.75, 3.05) is 0 Å². The van der Waals surface area contributed by atoms with E-state index in [0.717, 1.165) is 6.92 Å². The Morgan fingerprint density at radius 1 is 1.14 bits per heavy atom. The normalized spacial score (nSPS) is 20.8. The van der Waals surface area contributed by atoms with Gasteiger partial charge in [-0.05, 0) is 20.8 Å². The number of ether oxygens (including phenoxy) is 1. The van der Waals surface area contributed by atoms with Crippen LogP contribution in [0.4, 0.5) is 0 Å². The zero-order chi connectivity index (χ0) is 18.2. The number of allylic oxidation sites excluding steroid dienone is 1. The molecule has 0 fully saturated rings. The summed E-state index contributed by atoms with van der Waals surface area (Å²) < 4.78 is 4.62. The minimum Gasteiger partial charge on any atom is -0.504 e. The first-order valence-electron chi connectivity index (χ1n) is 5.83. The maximum atomic E-state index is 10.8. The number of hydrogen-bond donors (Lipinski definition) is 3. The van der Waals surface area contributed by atoms with E-state index in [2.05, 4.69) is 42.0 Å². The molecule has 22 heavy (non-hydrogen) atoms. The average Bonchev–Trinajstić information content (AvgIpc) is 2.62. The molecule has 0 aliphatic carbocycles. The molecule has 1 atom stereocenters. The van der Waals surface area contributed by atoms with Crippen LogP contribution in [0.25, 0.3) is 0 Å². The van der Waals surface area contributed by atoms with Crippen LogP contribution in [0, 0.1) is 0 Å². The summed E-state index contributed by atoms with van der Waals surface area (Å²) in [5.41, 5.74) is 0.773. The van der Waals surface area contributed by atoms with Gasteiger partial charge in [-0.3, -0.25) is 4.79 Å². The van der Waals surface area contributed by atoms with E-state index < -0.39 is 29.3 Å². The van der Waals surface area contributed by atoms with Gasteiger partial charge >= 0.3 is 11.9 Å². The summed E-state index contributed by atoms with van der Waals surface area (Å²) in [6, 6.07) is 0. The summed E-state index contributed by atoms with van der Waals surface area (Å²) in [4.78, 5) is 31.2. The van der Waals surface area contributed by atoms with Gasteiger partial charge in [0, 0.05) is 62.2 Å². The van der Waals surface area contributed by atoms with Crippen LogP contribution in [-0.2, 0) is 19.1 Å². The van der Waals surface area contributed by atoms with Gasteiger partial charge in [-0.2, -0.15) is 0 Å². The number of carbonyl (C=O) groups is 3. The van der Waals surface area contributed by atoms with Gasteiger partial charge in [0.05, 0.1) is 5.57 Å². The quantitative estimate of drug-likeness (QED) is 0.213. The molecule has 126 valence electrons. The minimum absolute atomic E-state index is 0.326. The van der Waals surface area contributed by atoms with Crippen molar-refractivity contribution in [2.45, 2.75) is 40.4 Å². The van der Waals surface area contributed by atoms with Crippen molar-refractivity contribution in [1.29, 1.82) is 0 Å². The summed E-state index contributed by atoms with van der Waals surface area (Å²) >= 11 is 4.24. The highest BCUT2D eigenvalue weighted by atomic mass is 128. The van der Waals surface area contributed by atoms with E-state index in [1.54, 1.807) is 13.8 Å². The molecule has 1 aliphatic heterocycles. The number of esters is 1. The lowest BCUT2D eigenvalue weighted by atomic mass is 10.1. The molecular weight excluding hydrogens is 522 g/mol. The number of rotatable bonds is 2. The SMILES string of the molecule is CC(=O)/C(O)=C(/C)C(=O)O.CC1=C(C)C(C)(O)OC1=O.II. The highest BCUT2D eigenvalue weighted by Crippen LogP contribution is 2.28. The molecule has 1 unspecified atom stereocenters. The van der Waals surface area contributed by atoms with Crippen molar-refractivity contribution in [2.24, 2.45) is 0 Å². The second kappa shape index (κ2) is 10.2. The second-order valence-corrected chi connectivity index (χ2v) is 4.46. The first kappa shape index (κ1) is 23.6. The Morgan fingerprint density at radius 3 is 1.64 bits per heavy atom. The van der Waals surface area contributed by atoms with E-state index in [-0.39, 0.29) is 5.57 Å². The van der Waals surface area contributed by atoms with Gasteiger partial charge in [-0.1, -0.05) is 0 Å².